The van der Waals surface area contributed by atoms with Crippen molar-refractivity contribution in [3.8, 4) is 11.5 Å². The highest BCUT2D eigenvalue weighted by molar-refractivity contribution is 9.10. The molecule has 2 aromatic rings. The fourth-order valence-corrected chi connectivity index (χ4v) is 4.55. The Balaban J connectivity index is 1.65. The van der Waals surface area contributed by atoms with Crippen molar-refractivity contribution in [3.05, 3.63) is 40.4 Å². The van der Waals surface area contributed by atoms with Crippen LogP contribution in [0.25, 0.3) is 0 Å². The van der Waals surface area contributed by atoms with Gasteiger partial charge in [-0.15, -0.1) is 0 Å². The normalized spacial score (nSPS) is 15.8. The van der Waals surface area contributed by atoms with E-state index < -0.39 is 10.0 Å². The lowest BCUT2D eigenvalue weighted by molar-refractivity contribution is -0.116. The summed E-state index contributed by atoms with van der Waals surface area (Å²) in [7, 11) is -3.80. The maximum Gasteiger partial charge on any atom is 0.261 e. The van der Waals surface area contributed by atoms with Gasteiger partial charge in [-0.1, -0.05) is 0 Å². The van der Waals surface area contributed by atoms with E-state index in [0.29, 0.717) is 53.4 Å². The molecule has 0 unspecified atom stereocenters. The molecule has 4 rings (SSSR count). The van der Waals surface area contributed by atoms with Crippen LogP contribution in [-0.4, -0.2) is 27.5 Å². The van der Waals surface area contributed by atoms with Crippen LogP contribution in [0.5, 0.6) is 11.5 Å². The molecule has 0 saturated carbocycles. The summed E-state index contributed by atoms with van der Waals surface area (Å²) in [4.78, 5) is 11.6. The molecule has 9 heteroatoms. The fraction of sp³-hybridized carbons (Fsp3) is 0.235. The second kappa shape index (κ2) is 6.48. The molecule has 136 valence electrons. The van der Waals surface area contributed by atoms with Gasteiger partial charge in [-0.05, 0) is 46.1 Å². The van der Waals surface area contributed by atoms with Gasteiger partial charge in [-0.3, -0.25) is 9.52 Å². The standard InChI is InChI=1S/C17H15BrN2O5S/c18-12-8-15-16(25-6-5-24-15)9-14(12)20-26(22,23)11-2-3-13-10(7-11)1-4-17(21)19-13/h2-3,7-9,20H,1,4-6H2,(H,19,21). The third-order valence-electron chi connectivity index (χ3n) is 4.16. The van der Waals surface area contributed by atoms with Crippen molar-refractivity contribution in [1.82, 2.24) is 0 Å². The van der Waals surface area contributed by atoms with Gasteiger partial charge in [0.05, 0.1) is 10.6 Å². The second-order valence-corrected chi connectivity index (χ2v) is 8.49. The number of carbonyl (C=O) groups is 1. The zero-order chi connectivity index (χ0) is 18.3. The molecule has 0 atom stereocenters. The van der Waals surface area contributed by atoms with Crippen molar-refractivity contribution < 1.29 is 22.7 Å². The first-order valence-electron chi connectivity index (χ1n) is 7.97. The van der Waals surface area contributed by atoms with Crippen LogP contribution in [-0.2, 0) is 21.2 Å². The lowest BCUT2D eigenvalue weighted by atomic mass is 10.0. The van der Waals surface area contributed by atoms with Gasteiger partial charge < -0.3 is 14.8 Å². The van der Waals surface area contributed by atoms with Gasteiger partial charge in [0.2, 0.25) is 5.91 Å². The number of ether oxygens (including phenoxy) is 2. The molecular weight excluding hydrogens is 424 g/mol. The van der Waals surface area contributed by atoms with E-state index in [1.807, 2.05) is 0 Å². The monoisotopic (exact) mass is 438 g/mol. The Morgan fingerprint density at radius 1 is 1.04 bits per heavy atom. The lowest BCUT2D eigenvalue weighted by Gasteiger charge is -2.21. The second-order valence-electron chi connectivity index (χ2n) is 5.95. The van der Waals surface area contributed by atoms with Crippen molar-refractivity contribution >= 4 is 43.2 Å². The third-order valence-corrected chi connectivity index (χ3v) is 6.18. The average molecular weight is 439 g/mol. The van der Waals surface area contributed by atoms with E-state index in [9.17, 15) is 13.2 Å². The molecule has 2 N–H and O–H groups in total. The van der Waals surface area contributed by atoms with Crippen LogP contribution in [0.4, 0.5) is 11.4 Å². The van der Waals surface area contributed by atoms with Gasteiger partial charge >= 0.3 is 0 Å². The van der Waals surface area contributed by atoms with E-state index in [4.69, 9.17) is 9.47 Å². The molecule has 2 heterocycles. The average Bonchev–Trinajstić information content (AvgIpc) is 2.61. The number of benzene rings is 2. The number of hydrogen-bond donors (Lipinski definition) is 2. The van der Waals surface area contributed by atoms with Crippen molar-refractivity contribution in [1.29, 1.82) is 0 Å². The van der Waals surface area contributed by atoms with E-state index in [0.717, 1.165) is 5.56 Å². The Kier molecular flexibility index (Phi) is 4.28. The van der Waals surface area contributed by atoms with Crippen molar-refractivity contribution in [3.63, 3.8) is 0 Å². The molecule has 0 radical (unpaired) electrons. The van der Waals surface area contributed by atoms with E-state index in [2.05, 4.69) is 26.0 Å². The quantitative estimate of drug-likeness (QED) is 0.767. The lowest BCUT2D eigenvalue weighted by Crippen LogP contribution is -2.20. The molecule has 2 aliphatic heterocycles. The van der Waals surface area contributed by atoms with Gasteiger partial charge in [0.1, 0.15) is 13.2 Å². The largest absolute Gasteiger partial charge is 0.486 e. The molecule has 0 fully saturated rings. The molecule has 0 saturated heterocycles. The zero-order valence-electron chi connectivity index (χ0n) is 13.5. The minimum absolute atomic E-state index is 0.0635. The number of halogens is 1. The maximum atomic E-state index is 12.8. The summed E-state index contributed by atoms with van der Waals surface area (Å²) in [5, 5.41) is 2.74. The van der Waals surface area contributed by atoms with Crippen LogP contribution in [0.15, 0.2) is 39.7 Å². The number of anilines is 2. The summed E-state index contributed by atoms with van der Waals surface area (Å²) < 4.78 is 39.7. The minimum atomic E-state index is -3.80. The summed E-state index contributed by atoms with van der Waals surface area (Å²) in [6.45, 7) is 0.869. The summed E-state index contributed by atoms with van der Waals surface area (Å²) >= 11 is 3.36. The van der Waals surface area contributed by atoms with Crippen molar-refractivity contribution in [2.45, 2.75) is 17.7 Å². The number of aryl methyl sites for hydroxylation is 1. The van der Waals surface area contributed by atoms with Gasteiger partial charge in [-0.25, -0.2) is 8.42 Å². The topological polar surface area (TPSA) is 93.7 Å². The Hall–Kier alpha value is -2.26. The van der Waals surface area contributed by atoms with Crippen molar-refractivity contribution in [2.24, 2.45) is 0 Å². The van der Waals surface area contributed by atoms with Gasteiger partial charge in [0, 0.05) is 28.7 Å². The minimum Gasteiger partial charge on any atom is -0.486 e. The number of rotatable bonds is 3. The van der Waals surface area contributed by atoms with Crippen LogP contribution < -0.4 is 19.5 Å². The summed E-state index contributed by atoms with van der Waals surface area (Å²) in [5.74, 6) is 0.993. The molecular formula is C17H15BrN2O5S. The molecule has 0 bridgehead atoms. The van der Waals surface area contributed by atoms with Crippen molar-refractivity contribution in [2.75, 3.05) is 23.3 Å². The van der Waals surface area contributed by atoms with Gasteiger partial charge in [0.25, 0.3) is 10.0 Å². The zero-order valence-corrected chi connectivity index (χ0v) is 15.9. The molecule has 2 aliphatic rings. The third kappa shape index (κ3) is 3.24. The summed E-state index contributed by atoms with van der Waals surface area (Å²) in [6.07, 6.45) is 0.857. The molecule has 2 aromatic carbocycles. The predicted octanol–water partition coefficient (Wildman–Crippen LogP) is 2.91. The van der Waals surface area contributed by atoms with Crippen LogP contribution in [0, 0.1) is 0 Å². The first-order chi connectivity index (χ1) is 12.4. The molecule has 1 amide bonds. The first kappa shape index (κ1) is 17.2. The predicted molar refractivity (Wildman–Crippen MR) is 99.3 cm³/mol. The Bertz CT molecular complexity index is 1010. The van der Waals surface area contributed by atoms with Crippen LogP contribution in [0.2, 0.25) is 0 Å². The van der Waals surface area contributed by atoms with E-state index in [1.165, 1.54) is 6.07 Å². The summed E-state index contributed by atoms with van der Waals surface area (Å²) in [5.41, 5.74) is 1.81. The highest BCUT2D eigenvalue weighted by Crippen LogP contribution is 2.39. The van der Waals surface area contributed by atoms with E-state index in [1.54, 1.807) is 24.3 Å². The SMILES string of the molecule is O=C1CCc2cc(S(=O)(=O)Nc3cc4c(cc3Br)OCCO4)ccc2N1. The number of hydrogen-bond acceptors (Lipinski definition) is 5. The molecule has 0 spiro atoms. The van der Waals surface area contributed by atoms with E-state index >= 15 is 0 Å². The Morgan fingerprint density at radius 2 is 1.77 bits per heavy atom. The molecule has 0 aromatic heterocycles. The Labute approximate surface area is 158 Å². The highest BCUT2D eigenvalue weighted by Gasteiger charge is 2.22. The van der Waals surface area contributed by atoms with Crippen LogP contribution in [0.3, 0.4) is 0 Å². The Morgan fingerprint density at radius 3 is 2.54 bits per heavy atom. The number of amides is 1. The number of carbonyl (C=O) groups excluding carboxylic acids is 1. The number of fused-ring (bicyclic) bond motifs is 2. The molecule has 7 nitrogen and oxygen atoms in total. The number of nitrogens with one attached hydrogen (secondary N) is 2. The van der Waals surface area contributed by atoms with E-state index in [-0.39, 0.29) is 10.8 Å². The smallest absolute Gasteiger partial charge is 0.261 e. The number of sulfonamides is 1. The molecule has 26 heavy (non-hydrogen) atoms. The molecule has 0 aliphatic carbocycles. The summed E-state index contributed by atoms with van der Waals surface area (Å²) in [6, 6.07) is 7.94. The van der Waals surface area contributed by atoms with Crippen LogP contribution in [0.1, 0.15) is 12.0 Å². The maximum absolute atomic E-state index is 12.8. The van der Waals surface area contributed by atoms with Crippen LogP contribution >= 0.6 is 15.9 Å². The first-order valence-corrected chi connectivity index (χ1v) is 10.2. The highest BCUT2D eigenvalue weighted by atomic mass is 79.9. The van der Waals surface area contributed by atoms with Gasteiger partial charge in [0.15, 0.2) is 11.5 Å². The fourth-order valence-electron chi connectivity index (χ4n) is 2.87. The van der Waals surface area contributed by atoms with Gasteiger partial charge in [-0.2, -0.15) is 0 Å².